The molecule has 21 heavy (non-hydrogen) atoms. The Kier molecular flexibility index (Phi) is 3.39. The summed E-state index contributed by atoms with van der Waals surface area (Å²) in [4.78, 5) is 15.3. The zero-order valence-corrected chi connectivity index (χ0v) is 13.1. The van der Waals surface area contributed by atoms with E-state index in [0.717, 1.165) is 37.4 Å². The van der Waals surface area contributed by atoms with Crippen molar-refractivity contribution >= 4 is 17.3 Å². The molecule has 2 aromatic rings. The second-order valence-corrected chi connectivity index (χ2v) is 7.20. The van der Waals surface area contributed by atoms with Gasteiger partial charge < -0.3 is 4.90 Å². The van der Waals surface area contributed by atoms with Gasteiger partial charge >= 0.3 is 0 Å². The third-order valence-electron chi connectivity index (χ3n) is 4.73. The van der Waals surface area contributed by atoms with Crippen LogP contribution in [0.1, 0.15) is 10.4 Å². The van der Waals surface area contributed by atoms with Gasteiger partial charge in [-0.3, -0.25) is 4.90 Å². The molecule has 0 saturated carbocycles. The Labute approximate surface area is 129 Å². The van der Waals surface area contributed by atoms with E-state index in [1.54, 1.807) is 0 Å². The fourth-order valence-corrected chi connectivity index (χ4v) is 4.55. The minimum absolute atomic E-state index is 0.772. The summed E-state index contributed by atoms with van der Waals surface area (Å²) >= 11 is 1.89. The Balaban J connectivity index is 1.38. The van der Waals surface area contributed by atoms with Crippen LogP contribution < -0.4 is 4.90 Å². The number of anilines is 1. The molecule has 2 aliphatic heterocycles. The lowest BCUT2D eigenvalue weighted by atomic mass is 10.0. The molecule has 0 radical (unpaired) electrons. The molecular weight excluding hydrogens is 280 g/mol. The summed E-state index contributed by atoms with van der Waals surface area (Å²) in [5.41, 5.74) is 1.44. The standard InChI is InChI=1S/C16H20N4S/c1-12-3-6-21-15(12)11-19-7-13-9-20(10-14(13)8-19)16-17-4-2-5-18-16/h2-6,13-14H,7-11H2,1H3. The molecule has 4 heterocycles. The van der Waals surface area contributed by atoms with Gasteiger partial charge in [0.05, 0.1) is 0 Å². The van der Waals surface area contributed by atoms with E-state index in [0.29, 0.717) is 0 Å². The zero-order chi connectivity index (χ0) is 14.2. The predicted molar refractivity (Wildman–Crippen MR) is 85.6 cm³/mol. The highest BCUT2D eigenvalue weighted by Crippen LogP contribution is 2.34. The van der Waals surface area contributed by atoms with Crippen molar-refractivity contribution in [1.82, 2.24) is 14.9 Å². The van der Waals surface area contributed by atoms with Crippen molar-refractivity contribution in [3.05, 3.63) is 40.3 Å². The second-order valence-electron chi connectivity index (χ2n) is 6.19. The number of aryl methyl sites for hydroxylation is 1. The minimum Gasteiger partial charge on any atom is -0.340 e. The van der Waals surface area contributed by atoms with Gasteiger partial charge in [-0.25, -0.2) is 9.97 Å². The normalized spacial score (nSPS) is 25.5. The zero-order valence-electron chi connectivity index (χ0n) is 12.3. The largest absolute Gasteiger partial charge is 0.340 e. The first kappa shape index (κ1) is 13.2. The highest BCUT2D eigenvalue weighted by Gasteiger charge is 2.40. The number of thiophene rings is 1. The molecule has 2 fully saturated rings. The van der Waals surface area contributed by atoms with Crippen LogP contribution in [0.3, 0.4) is 0 Å². The molecule has 0 aliphatic carbocycles. The average Bonchev–Trinajstić information content (AvgIpc) is 3.16. The first-order chi connectivity index (χ1) is 10.3. The number of hydrogen-bond acceptors (Lipinski definition) is 5. The summed E-state index contributed by atoms with van der Waals surface area (Å²) < 4.78 is 0. The maximum Gasteiger partial charge on any atom is 0.225 e. The first-order valence-corrected chi connectivity index (χ1v) is 8.45. The van der Waals surface area contributed by atoms with Crippen LogP contribution in [0.2, 0.25) is 0 Å². The minimum atomic E-state index is 0.772. The summed E-state index contributed by atoms with van der Waals surface area (Å²) in [6.45, 7) is 7.98. The van der Waals surface area contributed by atoms with Gasteiger partial charge in [0.1, 0.15) is 0 Å². The lowest BCUT2D eigenvalue weighted by molar-refractivity contribution is 0.311. The van der Waals surface area contributed by atoms with Gasteiger partial charge in [0.25, 0.3) is 0 Å². The Bertz CT molecular complexity index is 598. The second kappa shape index (κ2) is 5.39. The van der Waals surface area contributed by atoms with Gasteiger partial charge in [0.2, 0.25) is 5.95 Å². The van der Waals surface area contributed by atoms with Crippen LogP contribution >= 0.6 is 11.3 Å². The maximum atomic E-state index is 4.38. The Hall–Kier alpha value is -1.46. The Morgan fingerprint density at radius 3 is 2.48 bits per heavy atom. The van der Waals surface area contributed by atoms with E-state index in [1.165, 1.54) is 23.5 Å². The molecule has 2 aromatic heterocycles. The van der Waals surface area contributed by atoms with Gasteiger partial charge in [-0.15, -0.1) is 11.3 Å². The van der Waals surface area contributed by atoms with Crippen molar-refractivity contribution in [3.63, 3.8) is 0 Å². The quantitative estimate of drug-likeness (QED) is 0.871. The predicted octanol–water partition coefficient (Wildman–Crippen LogP) is 2.41. The van der Waals surface area contributed by atoms with Crippen molar-refractivity contribution in [2.24, 2.45) is 11.8 Å². The molecule has 0 bridgehead atoms. The van der Waals surface area contributed by atoms with E-state index in [1.807, 2.05) is 29.8 Å². The Morgan fingerprint density at radius 1 is 1.14 bits per heavy atom. The summed E-state index contributed by atoms with van der Waals surface area (Å²) in [5.74, 6) is 2.44. The number of likely N-dealkylation sites (tertiary alicyclic amines) is 1. The molecule has 5 heteroatoms. The lowest BCUT2D eigenvalue weighted by Gasteiger charge is -2.21. The first-order valence-electron chi connectivity index (χ1n) is 7.57. The van der Waals surface area contributed by atoms with Crippen LogP contribution in [0.25, 0.3) is 0 Å². The summed E-state index contributed by atoms with van der Waals surface area (Å²) in [6, 6.07) is 4.11. The third-order valence-corrected chi connectivity index (χ3v) is 5.74. The van der Waals surface area contributed by atoms with Crippen LogP contribution in [0, 0.1) is 18.8 Å². The van der Waals surface area contributed by atoms with E-state index < -0.39 is 0 Å². The van der Waals surface area contributed by atoms with E-state index in [4.69, 9.17) is 0 Å². The number of nitrogens with zero attached hydrogens (tertiary/aromatic N) is 4. The highest BCUT2D eigenvalue weighted by molar-refractivity contribution is 7.10. The number of rotatable bonds is 3. The summed E-state index contributed by atoms with van der Waals surface area (Å²) in [7, 11) is 0. The molecule has 2 saturated heterocycles. The molecule has 0 aromatic carbocycles. The van der Waals surface area contributed by atoms with Crippen molar-refractivity contribution in [3.8, 4) is 0 Å². The molecule has 0 spiro atoms. The molecule has 2 unspecified atom stereocenters. The van der Waals surface area contributed by atoms with E-state index in [2.05, 4.69) is 38.1 Å². The van der Waals surface area contributed by atoms with Crippen molar-refractivity contribution in [2.45, 2.75) is 13.5 Å². The fraction of sp³-hybridized carbons (Fsp3) is 0.500. The Morgan fingerprint density at radius 2 is 1.86 bits per heavy atom. The third kappa shape index (κ3) is 2.56. The van der Waals surface area contributed by atoms with Crippen molar-refractivity contribution in [2.75, 3.05) is 31.1 Å². The molecule has 4 nitrogen and oxygen atoms in total. The van der Waals surface area contributed by atoms with Gasteiger partial charge in [-0.05, 0) is 41.8 Å². The van der Waals surface area contributed by atoms with Crippen LogP contribution in [0.5, 0.6) is 0 Å². The van der Waals surface area contributed by atoms with Crippen LogP contribution in [-0.4, -0.2) is 41.0 Å². The van der Waals surface area contributed by atoms with Gasteiger partial charge in [-0.1, -0.05) is 0 Å². The average molecular weight is 300 g/mol. The van der Waals surface area contributed by atoms with E-state index >= 15 is 0 Å². The number of fused-ring (bicyclic) bond motifs is 1. The topological polar surface area (TPSA) is 32.3 Å². The van der Waals surface area contributed by atoms with Gasteiger partial charge in [0, 0.05) is 50.0 Å². The maximum absolute atomic E-state index is 4.38. The lowest BCUT2D eigenvalue weighted by Crippen LogP contribution is -2.29. The molecule has 0 N–H and O–H groups in total. The fourth-order valence-electron chi connectivity index (χ4n) is 3.61. The van der Waals surface area contributed by atoms with E-state index in [-0.39, 0.29) is 0 Å². The smallest absolute Gasteiger partial charge is 0.225 e. The van der Waals surface area contributed by atoms with Gasteiger partial charge in [0.15, 0.2) is 0 Å². The molecule has 4 rings (SSSR count). The van der Waals surface area contributed by atoms with Crippen LogP contribution in [0.15, 0.2) is 29.9 Å². The summed E-state index contributed by atoms with van der Waals surface area (Å²) in [6.07, 6.45) is 3.67. The molecule has 110 valence electrons. The van der Waals surface area contributed by atoms with E-state index in [9.17, 15) is 0 Å². The van der Waals surface area contributed by atoms with Crippen LogP contribution in [-0.2, 0) is 6.54 Å². The highest BCUT2D eigenvalue weighted by atomic mass is 32.1. The van der Waals surface area contributed by atoms with Crippen LogP contribution in [0.4, 0.5) is 5.95 Å². The van der Waals surface area contributed by atoms with Crippen molar-refractivity contribution in [1.29, 1.82) is 0 Å². The molecular formula is C16H20N4S. The SMILES string of the molecule is Cc1ccsc1CN1CC2CN(c3ncccn3)CC2C1. The molecule has 2 aliphatic rings. The van der Waals surface area contributed by atoms with Crippen molar-refractivity contribution < 1.29 is 0 Å². The molecule has 0 amide bonds. The summed E-state index contributed by atoms with van der Waals surface area (Å²) in [5, 5.41) is 2.20. The van der Waals surface area contributed by atoms with Gasteiger partial charge in [-0.2, -0.15) is 0 Å². The monoisotopic (exact) mass is 300 g/mol. The molecule has 2 atom stereocenters. The number of hydrogen-bond donors (Lipinski definition) is 0. The number of aromatic nitrogens is 2.